The summed E-state index contributed by atoms with van der Waals surface area (Å²) >= 11 is 0. The first-order valence-electron chi connectivity index (χ1n) is 9.43. The summed E-state index contributed by atoms with van der Waals surface area (Å²) in [5.74, 6) is 0.535. The molecule has 9 heteroatoms. The number of rotatable bonds is 8. The van der Waals surface area contributed by atoms with Crippen molar-refractivity contribution < 1.29 is 24.2 Å². The lowest BCUT2D eigenvalue weighted by Crippen LogP contribution is -2.47. The van der Waals surface area contributed by atoms with Gasteiger partial charge in [-0.25, -0.2) is 0 Å². The second-order valence-electron chi connectivity index (χ2n) is 6.90. The zero-order valence-electron chi connectivity index (χ0n) is 16.1. The SMILES string of the molecule is CCN(CC(=O)O)C1CCN(CCC(=O)Nc2ccc3c(c2)OCO3)CC1.Cl. The van der Waals surface area contributed by atoms with Gasteiger partial charge in [0.05, 0.1) is 6.54 Å². The van der Waals surface area contributed by atoms with Gasteiger partial charge in [0.25, 0.3) is 0 Å². The molecular weight excluding hydrogens is 386 g/mol. The third-order valence-electron chi connectivity index (χ3n) is 5.13. The number of halogens is 1. The Bertz CT molecular complexity index is 680. The van der Waals surface area contributed by atoms with Gasteiger partial charge in [-0.2, -0.15) is 0 Å². The number of carbonyl (C=O) groups is 2. The zero-order chi connectivity index (χ0) is 19.2. The molecule has 1 aromatic carbocycles. The predicted octanol–water partition coefficient (Wildman–Crippen LogP) is 2.04. The zero-order valence-corrected chi connectivity index (χ0v) is 16.9. The Labute approximate surface area is 171 Å². The maximum atomic E-state index is 12.2. The largest absolute Gasteiger partial charge is 0.480 e. The highest BCUT2D eigenvalue weighted by Gasteiger charge is 2.25. The first-order chi connectivity index (χ1) is 13.0. The van der Waals surface area contributed by atoms with Crippen LogP contribution in [-0.4, -0.2) is 72.3 Å². The smallest absolute Gasteiger partial charge is 0.317 e. The van der Waals surface area contributed by atoms with Crippen LogP contribution in [0, 0.1) is 0 Å². The van der Waals surface area contributed by atoms with Crippen molar-refractivity contribution in [3.05, 3.63) is 18.2 Å². The summed E-state index contributed by atoms with van der Waals surface area (Å²) in [6.07, 6.45) is 2.29. The number of nitrogens with one attached hydrogen (secondary N) is 1. The van der Waals surface area contributed by atoms with E-state index in [4.69, 9.17) is 14.6 Å². The Balaban J connectivity index is 0.00000280. The van der Waals surface area contributed by atoms with Crippen LogP contribution in [0.4, 0.5) is 5.69 Å². The Morgan fingerprint density at radius 3 is 2.64 bits per heavy atom. The van der Waals surface area contributed by atoms with Crippen molar-refractivity contribution in [3.63, 3.8) is 0 Å². The fraction of sp³-hybridized carbons (Fsp3) is 0.579. The summed E-state index contributed by atoms with van der Waals surface area (Å²) in [5, 5.41) is 11.9. The van der Waals surface area contributed by atoms with Crippen LogP contribution in [-0.2, 0) is 9.59 Å². The molecule has 2 N–H and O–H groups in total. The number of carboxylic acid groups (broad SMARTS) is 1. The molecule has 0 unspecified atom stereocenters. The van der Waals surface area contributed by atoms with Crippen molar-refractivity contribution in [1.29, 1.82) is 0 Å². The van der Waals surface area contributed by atoms with Crippen LogP contribution in [0.3, 0.4) is 0 Å². The number of ether oxygens (including phenoxy) is 2. The molecule has 2 heterocycles. The maximum absolute atomic E-state index is 12.2. The van der Waals surface area contributed by atoms with Gasteiger partial charge in [0.1, 0.15) is 0 Å². The van der Waals surface area contributed by atoms with E-state index in [2.05, 4.69) is 10.2 Å². The van der Waals surface area contributed by atoms with Gasteiger partial charge in [0.2, 0.25) is 12.7 Å². The third kappa shape index (κ3) is 5.98. The van der Waals surface area contributed by atoms with Gasteiger partial charge < -0.3 is 24.8 Å². The Morgan fingerprint density at radius 1 is 1.25 bits per heavy atom. The Hall–Kier alpha value is -2.03. The minimum atomic E-state index is -0.778. The normalized spacial score (nSPS) is 16.6. The monoisotopic (exact) mass is 413 g/mol. The van der Waals surface area contributed by atoms with Gasteiger partial charge in [-0.15, -0.1) is 12.4 Å². The van der Waals surface area contributed by atoms with Gasteiger partial charge >= 0.3 is 5.97 Å². The number of aliphatic carboxylic acids is 1. The molecule has 3 rings (SSSR count). The number of nitrogens with zero attached hydrogens (tertiary/aromatic N) is 2. The number of fused-ring (bicyclic) bond motifs is 1. The van der Waals surface area contributed by atoms with Crippen LogP contribution in [0.15, 0.2) is 18.2 Å². The highest BCUT2D eigenvalue weighted by molar-refractivity contribution is 5.91. The Kier molecular flexibility index (Phi) is 8.35. The first-order valence-corrected chi connectivity index (χ1v) is 9.43. The van der Waals surface area contributed by atoms with Crippen molar-refractivity contribution >= 4 is 30.0 Å². The molecule has 1 fully saturated rings. The number of carboxylic acids is 1. The minimum Gasteiger partial charge on any atom is -0.480 e. The summed E-state index contributed by atoms with van der Waals surface area (Å²) < 4.78 is 10.6. The van der Waals surface area contributed by atoms with Gasteiger partial charge in [-0.3, -0.25) is 14.5 Å². The highest BCUT2D eigenvalue weighted by Crippen LogP contribution is 2.34. The predicted molar refractivity (Wildman–Crippen MR) is 107 cm³/mol. The van der Waals surface area contributed by atoms with Crippen molar-refractivity contribution in [2.45, 2.75) is 32.2 Å². The molecule has 8 nitrogen and oxygen atoms in total. The number of anilines is 1. The topological polar surface area (TPSA) is 91.3 Å². The average Bonchev–Trinajstić information content (AvgIpc) is 3.12. The van der Waals surface area contributed by atoms with Gasteiger partial charge in [0, 0.05) is 30.8 Å². The van der Waals surface area contributed by atoms with Crippen LogP contribution in [0.5, 0.6) is 11.5 Å². The number of benzene rings is 1. The van der Waals surface area contributed by atoms with E-state index in [1.165, 1.54) is 0 Å². The summed E-state index contributed by atoms with van der Waals surface area (Å²) in [7, 11) is 0. The summed E-state index contributed by atoms with van der Waals surface area (Å²) in [6, 6.07) is 5.68. The van der Waals surface area contributed by atoms with Crippen molar-refractivity contribution in [3.8, 4) is 11.5 Å². The number of piperidine rings is 1. The molecule has 1 saturated heterocycles. The van der Waals surface area contributed by atoms with Crippen LogP contribution in [0.1, 0.15) is 26.2 Å². The van der Waals surface area contributed by atoms with Gasteiger partial charge in [-0.05, 0) is 44.6 Å². The van der Waals surface area contributed by atoms with E-state index in [1.807, 2.05) is 11.8 Å². The quantitative estimate of drug-likeness (QED) is 0.673. The lowest BCUT2D eigenvalue weighted by Gasteiger charge is -2.37. The summed E-state index contributed by atoms with van der Waals surface area (Å²) in [5.41, 5.74) is 0.704. The van der Waals surface area contributed by atoms with Crippen molar-refractivity contribution in [1.82, 2.24) is 9.80 Å². The molecule has 0 radical (unpaired) electrons. The molecule has 28 heavy (non-hydrogen) atoms. The fourth-order valence-corrected chi connectivity index (χ4v) is 3.64. The molecule has 0 aliphatic carbocycles. The number of hydrogen-bond donors (Lipinski definition) is 2. The van der Waals surface area contributed by atoms with Crippen LogP contribution >= 0.6 is 12.4 Å². The first kappa shape index (κ1) is 22.3. The van der Waals surface area contributed by atoms with Crippen LogP contribution < -0.4 is 14.8 Å². The highest BCUT2D eigenvalue weighted by atomic mass is 35.5. The standard InChI is InChI=1S/C19H27N3O5.ClH/c1-2-22(12-19(24)25)15-5-8-21(9-6-15)10-7-18(23)20-14-3-4-16-17(11-14)27-13-26-16;/h3-4,11,15H,2,5-10,12-13H2,1H3,(H,20,23)(H,24,25);1H. The molecule has 0 saturated carbocycles. The van der Waals surface area contributed by atoms with E-state index in [-0.39, 0.29) is 31.7 Å². The van der Waals surface area contributed by atoms with Crippen LogP contribution in [0.2, 0.25) is 0 Å². The molecule has 1 amide bonds. The number of carbonyl (C=O) groups excluding carboxylic acids is 1. The van der Waals surface area contributed by atoms with E-state index < -0.39 is 5.97 Å². The number of amides is 1. The summed E-state index contributed by atoms with van der Waals surface area (Å²) in [4.78, 5) is 27.5. The molecule has 1 aromatic rings. The average molecular weight is 414 g/mol. The third-order valence-corrected chi connectivity index (χ3v) is 5.13. The second-order valence-corrected chi connectivity index (χ2v) is 6.90. The molecule has 0 bridgehead atoms. The lowest BCUT2D eigenvalue weighted by atomic mass is 10.0. The molecule has 0 spiro atoms. The van der Waals surface area contributed by atoms with E-state index in [9.17, 15) is 9.59 Å². The van der Waals surface area contributed by atoms with Gasteiger partial charge in [-0.1, -0.05) is 6.92 Å². The second kappa shape index (κ2) is 10.5. The molecule has 2 aliphatic rings. The van der Waals surface area contributed by atoms with E-state index in [1.54, 1.807) is 18.2 Å². The Morgan fingerprint density at radius 2 is 1.96 bits per heavy atom. The van der Waals surface area contributed by atoms with E-state index >= 15 is 0 Å². The minimum absolute atomic E-state index is 0. The fourth-order valence-electron chi connectivity index (χ4n) is 3.64. The van der Waals surface area contributed by atoms with E-state index in [0.717, 1.165) is 32.5 Å². The lowest BCUT2D eigenvalue weighted by molar-refractivity contribution is -0.139. The molecular formula is C19H28ClN3O5. The molecule has 0 aromatic heterocycles. The number of likely N-dealkylation sites (N-methyl/N-ethyl adjacent to an activating group) is 1. The van der Waals surface area contributed by atoms with Gasteiger partial charge in [0.15, 0.2) is 11.5 Å². The molecule has 2 aliphatic heterocycles. The summed E-state index contributed by atoms with van der Waals surface area (Å²) in [6.45, 7) is 5.53. The molecule has 0 atom stereocenters. The molecule has 156 valence electrons. The number of likely N-dealkylation sites (tertiary alicyclic amines) is 1. The van der Waals surface area contributed by atoms with Crippen LogP contribution in [0.25, 0.3) is 0 Å². The number of hydrogen-bond acceptors (Lipinski definition) is 6. The maximum Gasteiger partial charge on any atom is 0.317 e. The van der Waals surface area contributed by atoms with E-state index in [0.29, 0.717) is 36.2 Å². The van der Waals surface area contributed by atoms with Crippen molar-refractivity contribution in [2.24, 2.45) is 0 Å². The van der Waals surface area contributed by atoms with Crippen molar-refractivity contribution in [2.75, 3.05) is 44.8 Å².